The molecule has 18 heteroatoms. The summed E-state index contributed by atoms with van der Waals surface area (Å²) in [6, 6.07) is 14.9. The van der Waals surface area contributed by atoms with Crippen LogP contribution in [0.1, 0.15) is 64.2 Å². The van der Waals surface area contributed by atoms with Gasteiger partial charge in [-0.15, -0.1) is 12.6 Å². The first-order valence-corrected chi connectivity index (χ1v) is 20.6. The minimum absolute atomic E-state index is 0.0144. The smallest absolute Gasteiger partial charge is 0.417 e. The normalized spacial score (nSPS) is 22.4. The molecule has 60 heavy (non-hydrogen) atoms. The Morgan fingerprint density at radius 3 is 2.38 bits per heavy atom. The molecule has 4 atom stereocenters. The molecule has 3 N–H and O–H groups in total. The number of carbonyl (C=O) groups is 4. The Kier molecular flexibility index (Phi) is 13.3. The zero-order chi connectivity index (χ0) is 43.7. The third-order valence-electron chi connectivity index (χ3n) is 11.2. The molecule has 2 unspecified atom stereocenters. The number of nitrogens with zero attached hydrogens (tertiary/aromatic N) is 5. The van der Waals surface area contributed by atoms with Crippen molar-refractivity contribution in [3.63, 3.8) is 0 Å². The number of hydrogen-bond acceptors (Lipinski definition) is 11. The molecular weight excluding hydrogens is 821 g/mol. The van der Waals surface area contributed by atoms with Gasteiger partial charge in [0.15, 0.2) is 5.50 Å². The number of anilines is 4. The quantitative estimate of drug-likeness (QED) is 0.121. The second kappa shape index (κ2) is 17.9. The highest BCUT2D eigenvalue weighted by Gasteiger charge is 2.52. The molecule has 0 saturated carbocycles. The van der Waals surface area contributed by atoms with Gasteiger partial charge in [0.05, 0.1) is 23.7 Å². The molecule has 0 radical (unpaired) electrons. The van der Waals surface area contributed by atoms with Crippen LogP contribution in [0.5, 0.6) is 5.75 Å². The molecule has 0 bridgehead atoms. The molecule has 3 aromatic carbocycles. The number of thiol groups is 1. The fourth-order valence-electron chi connectivity index (χ4n) is 8.00. The van der Waals surface area contributed by atoms with E-state index in [9.17, 15) is 37.6 Å². The van der Waals surface area contributed by atoms with Gasteiger partial charge in [-0.05, 0) is 101 Å². The lowest BCUT2D eigenvalue weighted by Crippen LogP contribution is -2.58. The van der Waals surface area contributed by atoms with Gasteiger partial charge in [0.25, 0.3) is 5.91 Å². The van der Waals surface area contributed by atoms with Crippen LogP contribution in [-0.2, 0) is 31.8 Å². The number of nitriles is 1. The van der Waals surface area contributed by atoms with E-state index in [1.54, 1.807) is 43.0 Å². The number of imide groups is 1. The van der Waals surface area contributed by atoms with Crippen LogP contribution < -0.4 is 30.5 Å². The molecule has 320 valence electrons. The van der Waals surface area contributed by atoms with Gasteiger partial charge in [-0.2, -0.15) is 18.4 Å². The fourth-order valence-corrected chi connectivity index (χ4v) is 8.89. The lowest BCUT2D eigenvalue weighted by molar-refractivity contribution is -0.138. The van der Waals surface area contributed by atoms with Gasteiger partial charge in [-0.25, -0.2) is 0 Å². The second-order valence-electron chi connectivity index (χ2n) is 15.8. The maximum Gasteiger partial charge on any atom is 0.417 e. The van der Waals surface area contributed by atoms with E-state index in [1.807, 2.05) is 25.1 Å². The number of piperazine rings is 1. The largest absolute Gasteiger partial charge is 0.492 e. The number of hydrogen-bond donors (Lipinski definition) is 4. The van der Waals surface area contributed by atoms with Crippen molar-refractivity contribution in [1.29, 1.82) is 5.26 Å². The van der Waals surface area contributed by atoms with E-state index in [0.717, 1.165) is 17.7 Å². The summed E-state index contributed by atoms with van der Waals surface area (Å²) in [7, 11) is 0. The van der Waals surface area contributed by atoms with Crippen LogP contribution in [0.4, 0.5) is 35.9 Å². The Hall–Kier alpha value is -5.02. The highest BCUT2D eigenvalue weighted by atomic mass is 35.5. The summed E-state index contributed by atoms with van der Waals surface area (Å²) in [6.07, 6.45) is -3.59. The fraction of sp³-hybridized carbons (Fsp3) is 0.452. The number of alkyl halides is 3. The lowest BCUT2D eigenvalue weighted by atomic mass is 10.0. The highest BCUT2D eigenvalue weighted by Crippen LogP contribution is 2.43. The number of ether oxygens (including phenoxy) is 1. The van der Waals surface area contributed by atoms with E-state index in [-0.39, 0.29) is 42.6 Å². The predicted octanol–water partition coefficient (Wildman–Crippen LogP) is 6.27. The molecule has 3 saturated heterocycles. The monoisotopic (exact) mass is 868 g/mol. The molecule has 3 fully saturated rings. The van der Waals surface area contributed by atoms with Crippen molar-refractivity contribution < 1.29 is 37.1 Å². The number of halogens is 4. The van der Waals surface area contributed by atoms with Crippen LogP contribution in [0.3, 0.4) is 0 Å². The van der Waals surface area contributed by atoms with Gasteiger partial charge in [-0.3, -0.25) is 39.2 Å². The number of aryl methyl sites for hydroxylation is 1. The van der Waals surface area contributed by atoms with Crippen LogP contribution >= 0.6 is 24.2 Å². The van der Waals surface area contributed by atoms with E-state index in [4.69, 9.17) is 29.0 Å². The van der Waals surface area contributed by atoms with Crippen molar-refractivity contribution in [1.82, 2.24) is 15.1 Å². The number of carbonyl (C=O) groups excluding carboxylic acids is 4. The van der Waals surface area contributed by atoms with Crippen molar-refractivity contribution in [3.8, 4) is 11.8 Å². The summed E-state index contributed by atoms with van der Waals surface area (Å²) in [4.78, 5) is 58.1. The first-order valence-electron chi connectivity index (χ1n) is 19.7. The second-order valence-corrected chi connectivity index (χ2v) is 16.7. The molecule has 0 spiro atoms. The average molecular weight is 869 g/mol. The van der Waals surface area contributed by atoms with E-state index in [1.165, 1.54) is 11.0 Å². The van der Waals surface area contributed by atoms with Gasteiger partial charge >= 0.3 is 6.18 Å². The molecule has 0 aromatic heterocycles. The van der Waals surface area contributed by atoms with Gasteiger partial charge in [0, 0.05) is 65.9 Å². The Morgan fingerprint density at radius 2 is 1.70 bits per heavy atom. The van der Waals surface area contributed by atoms with Gasteiger partial charge < -0.3 is 20.3 Å². The van der Waals surface area contributed by atoms with Gasteiger partial charge in [-0.1, -0.05) is 18.5 Å². The van der Waals surface area contributed by atoms with Crippen molar-refractivity contribution in [2.75, 3.05) is 53.2 Å². The molecule has 6 rings (SSSR count). The topological polar surface area (TPSA) is 150 Å². The molecule has 0 aliphatic carbocycles. The molecule has 4 amide bonds. The van der Waals surface area contributed by atoms with Crippen LogP contribution in [-0.4, -0.2) is 95.4 Å². The molecule has 13 nitrogen and oxygen atoms in total. The SMILES string of the molecule is CCc1cc(N2C(S)N(c3ccc(C#N)c(C(F)(F)F)c3)C(=O)C2(C)C)ccc1OCCN1C[C@H](C)N(CC(=O)Nc2cc(Cl)cc(NC3CCC(=O)NC3=O)c2)C[C@H]1C. The number of amides is 4. The maximum absolute atomic E-state index is 13.8. The number of rotatable bonds is 12. The molecular formula is C42H48ClF3N8O5S. The van der Waals surface area contributed by atoms with E-state index in [2.05, 4.69) is 39.6 Å². The van der Waals surface area contributed by atoms with Crippen molar-refractivity contribution >= 4 is 70.6 Å². The highest BCUT2D eigenvalue weighted by molar-refractivity contribution is 7.81. The summed E-state index contributed by atoms with van der Waals surface area (Å²) in [5, 5.41) is 18.0. The standard InChI is InChI=1S/C42H48ClF3N8O5S/c1-6-26-15-32(54-40(60)53(39(58)41(54,4)5)31-8-7-27(20-47)33(19-31)42(44,45)46)9-11-35(26)59-14-13-51-21-25(3)52(22-24(51)2)23-37(56)49-30-17-28(43)16-29(18-30)48-34-10-12-36(55)50-38(34)57/h7-9,11,15-19,24-25,34,40,48,60H,6,10,12-14,21-23H2,1-5H3,(H,49,56)(H,50,55,57)/t24-,25+,34?,40?/m1/s1. The Balaban J connectivity index is 1.04. The first kappa shape index (κ1) is 44.5. The maximum atomic E-state index is 13.8. The third kappa shape index (κ3) is 9.62. The number of benzene rings is 3. The third-order valence-corrected chi connectivity index (χ3v) is 11.9. The molecule has 3 aliphatic heterocycles. The molecule has 3 heterocycles. The predicted molar refractivity (Wildman–Crippen MR) is 226 cm³/mol. The first-order chi connectivity index (χ1) is 28.3. The van der Waals surface area contributed by atoms with Crippen LogP contribution in [0.15, 0.2) is 54.6 Å². The van der Waals surface area contributed by atoms with Crippen LogP contribution in [0, 0.1) is 11.3 Å². The van der Waals surface area contributed by atoms with Crippen LogP contribution in [0.25, 0.3) is 0 Å². The summed E-state index contributed by atoms with van der Waals surface area (Å²) < 4.78 is 47.7. The van der Waals surface area contributed by atoms with Crippen molar-refractivity contribution in [2.24, 2.45) is 0 Å². The number of nitrogens with one attached hydrogen (secondary N) is 3. The van der Waals surface area contributed by atoms with Gasteiger partial charge in [0.1, 0.15) is 23.9 Å². The average Bonchev–Trinajstić information content (AvgIpc) is 3.35. The number of piperidine rings is 1. The summed E-state index contributed by atoms with van der Waals surface area (Å²) in [5.41, 5.74) is -1.23. The Labute approximate surface area is 357 Å². The van der Waals surface area contributed by atoms with E-state index >= 15 is 0 Å². The van der Waals surface area contributed by atoms with Crippen molar-refractivity contribution in [2.45, 2.75) is 89.2 Å². The lowest BCUT2D eigenvalue weighted by Gasteiger charge is -2.43. The minimum Gasteiger partial charge on any atom is -0.492 e. The molecule has 3 aromatic rings. The van der Waals surface area contributed by atoms with Crippen molar-refractivity contribution in [3.05, 3.63) is 76.3 Å². The summed E-state index contributed by atoms with van der Waals surface area (Å²) in [6.45, 7) is 12.1. The minimum atomic E-state index is -4.78. The Morgan fingerprint density at radius 1 is 1.02 bits per heavy atom. The Bertz CT molecular complexity index is 2200. The zero-order valence-corrected chi connectivity index (χ0v) is 35.5. The van der Waals surface area contributed by atoms with Gasteiger partial charge in [0.2, 0.25) is 17.7 Å². The van der Waals surface area contributed by atoms with E-state index < -0.39 is 46.2 Å². The molecule has 3 aliphatic rings. The summed E-state index contributed by atoms with van der Waals surface area (Å²) in [5.74, 6) is -0.699. The summed E-state index contributed by atoms with van der Waals surface area (Å²) >= 11 is 11.1. The van der Waals surface area contributed by atoms with Crippen LogP contribution in [0.2, 0.25) is 5.02 Å². The zero-order valence-electron chi connectivity index (χ0n) is 33.9. The van der Waals surface area contributed by atoms with E-state index in [0.29, 0.717) is 66.9 Å².